The van der Waals surface area contributed by atoms with E-state index in [1.54, 1.807) is 18.3 Å². The molecule has 0 saturated carbocycles. The van der Waals surface area contributed by atoms with E-state index >= 15 is 0 Å². The Balaban J connectivity index is 2.46. The fourth-order valence-electron chi connectivity index (χ4n) is 1.88. The Kier molecular flexibility index (Phi) is 3.08. The van der Waals surface area contributed by atoms with Gasteiger partial charge in [0.15, 0.2) is 0 Å². The van der Waals surface area contributed by atoms with Crippen molar-refractivity contribution in [2.24, 2.45) is 0 Å². The van der Waals surface area contributed by atoms with Gasteiger partial charge in [0.25, 0.3) is 0 Å². The lowest BCUT2D eigenvalue weighted by molar-refractivity contribution is -0.384. The SMILES string of the molecule is Cc1ccc(C(C)n2nc(C)c([N+](=O)[O-])c2N)s1. The monoisotopic (exact) mass is 266 g/mol. The van der Waals surface area contributed by atoms with Crippen molar-refractivity contribution >= 4 is 22.8 Å². The van der Waals surface area contributed by atoms with Gasteiger partial charge in [-0.3, -0.25) is 10.1 Å². The molecule has 2 rings (SSSR count). The lowest BCUT2D eigenvalue weighted by Crippen LogP contribution is -2.10. The zero-order valence-electron chi connectivity index (χ0n) is 10.4. The second kappa shape index (κ2) is 4.41. The molecule has 1 unspecified atom stereocenters. The molecule has 0 saturated heterocycles. The molecule has 2 aromatic heterocycles. The summed E-state index contributed by atoms with van der Waals surface area (Å²) in [5.74, 6) is 0.107. The zero-order chi connectivity index (χ0) is 13.4. The third-order valence-corrected chi connectivity index (χ3v) is 3.98. The van der Waals surface area contributed by atoms with Gasteiger partial charge in [0.05, 0.1) is 11.0 Å². The number of nitrogen functional groups attached to an aromatic ring is 1. The van der Waals surface area contributed by atoms with Crippen LogP contribution in [-0.4, -0.2) is 14.7 Å². The molecule has 0 fully saturated rings. The van der Waals surface area contributed by atoms with Crippen LogP contribution in [-0.2, 0) is 0 Å². The highest BCUT2D eigenvalue weighted by atomic mass is 32.1. The Morgan fingerprint density at radius 2 is 2.17 bits per heavy atom. The Morgan fingerprint density at radius 1 is 1.50 bits per heavy atom. The predicted octanol–water partition coefficient (Wildman–Crippen LogP) is 2.66. The van der Waals surface area contributed by atoms with Gasteiger partial charge < -0.3 is 5.73 Å². The van der Waals surface area contributed by atoms with Gasteiger partial charge in [-0.25, -0.2) is 4.68 Å². The normalized spacial score (nSPS) is 12.6. The Labute approximate surface area is 108 Å². The van der Waals surface area contributed by atoms with E-state index in [9.17, 15) is 10.1 Å². The summed E-state index contributed by atoms with van der Waals surface area (Å²) in [6.45, 7) is 5.54. The van der Waals surface area contributed by atoms with Crippen LogP contribution < -0.4 is 5.73 Å². The van der Waals surface area contributed by atoms with Gasteiger partial charge in [-0.2, -0.15) is 5.10 Å². The Morgan fingerprint density at radius 3 is 2.61 bits per heavy atom. The summed E-state index contributed by atoms with van der Waals surface area (Å²) in [7, 11) is 0. The molecule has 2 heterocycles. The van der Waals surface area contributed by atoms with Crippen molar-refractivity contribution in [3.05, 3.63) is 37.7 Å². The Bertz CT molecular complexity index is 602. The maximum absolute atomic E-state index is 10.9. The number of hydrogen-bond acceptors (Lipinski definition) is 5. The maximum Gasteiger partial charge on any atom is 0.333 e. The van der Waals surface area contributed by atoms with Gasteiger partial charge in [0.1, 0.15) is 5.69 Å². The number of nitrogens with two attached hydrogens (primary N) is 1. The van der Waals surface area contributed by atoms with Crippen LogP contribution in [0.25, 0.3) is 0 Å². The van der Waals surface area contributed by atoms with E-state index in [4.69, 9.17) is 5.73 Å². The van der Waals surface area contributed by atoms with Crippen LogP contribution in [0.1, 0.15) is 28.4 Å². The first kappa shape index (κ1) is 12.6. The average molecular weight is 266 g/mol. The fourth-order valence-corrected chi connectivity index (χ4v) is 2.79. The van der Waals surface area contributed by atoms with Crippen molar-refractivity contribution < 1.29 is 4.92 Å². The molecule has 96 valence electrons. The number of aryl methyl sites for hydroxylation is 2. The van der Waals surface area contributed by atoms with Gasteiger partial charge in [0, 0.05) is 9.75 Å². The average Bonchev–Trinajstić information content (AvgIpc) is 2.82. The maximum atomic E-state index is 10.9. The van der Waals surface area contributed by atoms with Gasteiger partial charge >= 0.3 is 5.69 Å². The number of thiophene rings is 1. The minimum Gasteiger partial charge on any atom is -0.378 e. The van der Waals surface area contributed by atoms with E-state index in [0.717, 1.165) is 4.88 Å². The van der Waals surface area contributed by atoms with Crippen molar-refractivity contribution in [1.29, 1.82) is 0 Å². The summed E-state index contributed by atoms with van der Waals surface area (Å²) < 4.78 is 1.51. The van der Waals surface area contributed by atoms with E-state index < -0.39 is 4.92 Å². The molecular formula is C11H14N4O2S. The largest absolute Gasteiger partial charge is 0.378 e. The smallest absolute Gasteiger partial charge is 0.333 e. The number of rotatable bonds is 3. The number of aromatic nitrogens is 2. The van der Waals surface area contributed by atoms with Crippen LogP contribution in [0.4, 0.5) is 11.5 Å². The van der Waals surface area contributed by atoms with Gasteiger partial charge in [0.2, 0.25) is 5.82 Å². The Hall–Kier alpha value is -1.89. The van der Waals surface area contributed by atoms with Crippen LogP contribution >= 0.6 is 11.3 Å². The van der Waals surface area contributed by atoms with Crippen LogP contribution in [0, 0.1) is 24.0 Å². The third-order valence-electron chi connectivity index (χ3n) is 2.81. The summed E-state index contributed by atoms with van der Waals surface area (Å²) in [5.41, 5.74) is 6.06. The van der Waals surface area contributed by atoms with E-state index in [1.807, 2.05) is 26.0 Å². The topological polar surface area (TPSA) is 87.0 Å². The molecule has 0 amide bonds. The summed E-state index contributed by atoms with van der Waals surface area (Å²) in [6.07, 6.45) is 0. The number of nitro groups is 1. The van der Waals surface area contributed by atoms with Crippen LogP contribution in [0.15, 0.2) is 12.1 Å². The number of hydrogen-bond donors (Lipinski definition) is 1. The van der Waals surface area contributed by atoms with Crippen molar-refractivity contribution in [3.63, 3.8) is 0 Å². The molecule has 0 aliphatic carbocycles. The summed E-state index contributed by atoms with van der Waals surface area (Å²) >= 11 is 1.64. The molecule has 7 heteroatoms. The van der Waals surface area contributed by atoms with Crippen molar-refractivity contribution in [1.82, 2.24) is 9.78 Å². The standard InChI is InChI=1S/C11H14N4O2S/c1-6-4-5-9(18-6)8(3)14-11(12)10(15(16)17)7(2)13-14/h4-5,8H,12H2,1-3H3. The first-order chi connectivity index (χ1) is 8.41. The molecule has 6 nitrogen and oxygen atoms in total. The summed E-state index contributed by atoms with van der Waals surface area (Å²) in [5, 5.41) is 15.1. The molecule has 18 heavy (non-hydrogen) atoms. The molecule has 0 radical (unpaired) electrons. The molecule has 0 spiro atoms. The molecule has 0 aromatic carbocycles. The van der Waals surface area contributed by atoms with Crippen molar-refractivity contribution in [2.75, 3.05) is 5.73 Å². The van der Waals surface area contributed by atoms with Crippen molar-refractivity contribution in [2.45, 2.75) is 26.8 Å². The van der Waals surface area contributed by atoms with Crippen LogP contribution in [0.3, 0.4) is 0 Å². The molecular weight excluding hydrogens is 252 g/mol. The summed E-state index contributed by atoms with van der Waals surface area (Å²) in [6, 6.07) is 3.90. The van der Waals surface area contributed by atoms with Crippen molar-refractivity contribution in [3.8, 4) is 0 Å². The van der Waals surface area contributed by atoms with Gasteiger partial charge in [-0.1, -0.05) is 0 Å². The molecule has 0 bridgehead atoms. The zero-order valence-corrected chi connectivity index (χ0v) is 11.2. The second-order valence-corrected chi connectivity index (χ2v) is 5.46. The first-order valence-corrected chi connectivity index (χ1v) is 6.28. The molecule has 2 aromatic rings. The third kappa shape index (κ3) is 1.97. The van der Waals surface area contributed by atoms with Gasteiger partial charge in [-0.15, -0.1) is 11.3 Å². The molecule has 1 atom stereocenters. The number of nitrogens with zero attached hydrogens (tertiary/aromatic N) is 3. The van der Waals surface area contributed by atoms with E-state index in [0.29, 0.717) is 5.69 Å². The fraction of sp³-hybridized carbons (Fsp3) is 0.364. The summed E-state index contributed by atoms with van der Waals surface area (Å²) in [4.78, 5) is 12.7. The van der Waals surface area contributed by atoms with E-state index in [1.165, 1.54) is 9.56 Å². The molecule has 0 aliphatic rings. The quantitative estimate of drug-likeness (QED) is 0.683. The molecule has 2 N–H and O–H groups in total. The second-order valence-electron chi connectivity index (χ2n) is 4.15. The minimum atomic E-state index is -0.486. The highest BCUT2D eigenvalue weighted by Gasteiger charge is 2.26. The number of anilines is 1. The van der Waals surface area contributed by atoms with E-state index in [2.05, 4.69) is 5.10 Å². The first-order valence-electron chi connectivity index (χ1n) is 5.47. The minimum absolute atomic E-state index is 0.101. The van der Waals surface area contributed by atoms with Crippen LogP contribution in [0.2, 0.25) is 0 Å². The van der Waals surface area contributed by atoms with Gasteiger partial charge in [-0.05, 0) is 32.9 Å². The van der Waals surface area contributed by atoms with Crippen LogP contribution in [0.5, 0.6) is 0 Å². The lowest BCUT2D eigenvalue weighted by atomic mass is 10.3. The highest BCUT2D eigenvalue weighted by molar-refractivity contribution is 7.12. The van der Waals surface area contributed by atoms with E-state index in [-0.39, 0.29) is 17.5 Å². The highest BCUT2D eigenvalue weighted by Crippen LogP contribution is 2.32. The lowest BCUT2D eigenvalue weighted by Gasteiger charge is -2.11. The predicted molar refractivity (Wildman–Crippen MR) is 70.9 cm³/mol. The molecule has 0 aliphatic heterocycles.